The number of rotatable bonds is 6. The Kier molecular flexibility index (Phi) is 5.07. The van der Waals surface area contributed by atoms with Gasteiger partial charge in [-0.15, -0.1) is 5.10 Å². The zero-order chi connectivity index (χ0) is 15.4. The molecule has 114 valence electrons. The van der Waals surface area contributed by atoms with Gasteiger partial charge in [0, 0.05) is 13.1 Å². The van der Waals surface area contributed by atoms with E-state index in [2.05, 4.69) is 42.9 Å². The highest BCUT2D eigenvalue weighted by molar-refractivity contribution is 5.76. The van der Waals surface area contributed by atoms with Gasteiger partial charge in [-0.1, -0.05) is 45.0 Å². The van der Waals surface area contributed by atoms with Crippen LogP contribution in [0.25, 0.3) is 10.9 Å². The minimum atomic E-state index is -0.0712. The monoisotopic (exact) mass is 288 g/mol. The molecule has 21 heavy (non-hydrogen) atoms. The highest BCUT2D eigenvalue weighted by Crippen LogP contribution is 2.06. The Morgan fingerprint density at radius 1 is 1.10 bits per heavy atom. The second-order valence-corrected chi connectivity index (χ2v) is 6.38. The van der Waals surface area contributed by atoms with Crippen LogP contribution < -0.4 is 5.56 Å². The van der Waals surface area contributed by atoms with Crippen LogP contribution in [-0.4, -0.2) is 33.0 Å². The van der Waals surface area contributed by atoms with Gasteiger partial charge in [-0.2, -0.15) is 4.68 Å². The molecule has 5 nitrogen and oxygen atoms in total. The van der Waals surface area contributed by atoms with E-state index >= 15 is 0 Å². The van der Waals surface area contributed by atoms with Crippen molar-refractivity contribution >= 4 is 10.9 Å². The lowest BCUT2D eigenvalue weighted by molar-refractivity contribution is 0.160. The lowest BCUT2D eigenvalue weighted by Crippen LogP contribution is -2.38. The predicted octanol–water partition coefficient (Wildman–Crippen LogP) is 2.36. The molecule has 1 aromatic heterocycles. The van der Waals surface area contributed by atoms with Crippen molar-refractivity contribution in [1.82, 2.24) is 19.9 Å². The molecule has 0 atom stereocenters. The second kappa shape index (κ2) is 6.80. The maximum Gasteiger partial charge on any atom is 0.278 e. The topological polar surface area (TPSA) is 51.0 Å². The van der Waals surface area contributed by atoms with Crippen molar-refractivity contribution in [3.05, 3.63) is 34.6 Å². The lowest BCUT2D eigenvalue weighted by Gasteiger charge is -2.25. The first-order chi connectivity index (χ1) is 9.97. The van der Waals surface area contributed by atoms with Crippen molar-refractivity contribution in [3.63, 3.8) is 0 Å². The number of fused-ring (bicyclic) bond motifs is 1. The van der Waals surface area contributed by atoms with E-state index in [1.54, 1.807) is 6.07 Å². The first-order valence-corrected chi connectivity index (χ1v) is 7.52. The molecule has 0 saturated heterocycles. The molecule has 0 bridgehead atoms. The smallest absolute Gasteiger partial charge is 0.278 e. The standard InChI is InChI=1S/C16H24N4O/c1-12(2)9-19(10-13(3)4)11-20-16(21)14-7-5-6-8-15(14)17-18-20/h5-8,12-13H,9-11H2,1-4H3. The van der Waals surface area contributed by atoms with E-state index in [1.165, 1.54) is 4.68 Å². The van der Waals surface area contributed by atoms with E-state index in [0.29, 0.717) is 29.4 Å². The van der Waals surface area contributed by atoms with Crippen LogP contribution in [0, 0.1) is 11.8 Å². The van der Waals surface area contributed by atoms with Gasteiger partial charge in [0.05, 0.1) is 12.1 Å². The fourth-order valence-electron chi connectivity index (χ4n) is 2.53. The number of hydrogen-bond acceptors (Lipinski definition) is 4. The molecule has 1 aromatic carbocycles. The molecule has 0 aliphatic rings. The van der Waals surface area contributed by atoms with Gasteiger partial charge >= 0.3 is 0 Å². The van der Waals surface area contributed by atoms with Crippen molar-refractivity contribution in [3.8, 4) is 0 Å². The van der Waals surface area contributed by atoms with Gasteiger partial charge in [-0.3, -0.25) is 9.69 Å². The van der Waals surface area contributed by atoms with Crippen LogP contribution in [0.1, 0.15) is 27.7 Å². The summed E-state index contributed by atoms with van der Waals surface area (Å²) in [5, 5.41) is 8.84. The summed E-state index contributed by atoms with van der Waals surface area (Å²) < 4.78 is 1.47. The Labute approximate surface area is 125 Å². The molecule has 0 aliphatic heterocycles. The van der Waals surface area contributed by atoms with E-state index < -0.39 is 0 Å². The van der Waals surface area contributed by atoms with Crippen LogP contribution in [0.4, 0.5) is 0 Å². The molecule has 0 unspecified atom stereocenters. The van der Waals surface area contributed by atoms with Crippen LogP contribution >= 0.6 is 0 Å². The molecule has 0 amide bonds. The molecular weight excluding hydrogens is 264 g/mol. The van der Waals surface area contributed by atoms with Crippen molar-refractivity contribution in [2.24, 2.45) is 11.8 Å². The highest BCUT2D eigenvalue weighted by Gasteiger charge is 2.13. The fraction of sp³-hybridized carbons (Fsp3) is 0.562. The summed E-state index contributed by atoms with van der Waals surface area (Å²) in [6.45, 7) is 11.1. The van der Waals surface area contributed by atoms with Crippen LogP contribution in [0.2, 0.25) is 0 Å². The number of nitrogens with zero attached hydrogens (tertiary/aromatic N) is 4. The van der Waals surface area contributed by atoms with Crippen LogP contribution in [-0.2, 0) is 6.67 Å². The highest BCUT2D eigenvalue weighted by atomic mass is 16.1. The maximum atomic E-state index is 12.5. The molecular formula is C16H24N4O. The molecule has 0 radical (unpaired) electrons. The molecule has 0 N–H and O–H groups in total. The van der Waals surface area contributed by atoms with Crippen molar-refractivity contribution in [1.29, 1.82) is 0 Å². The van der Waals surface area contributed by atoms with Crippen LogP contribution in [0.15, 0.2) is 29.1 Å². The SMILES string of the molecule is CC(C)CN(CC(C)C)Cn1nnc2ccccc2c1=O. The average molecular weight is 288 g/mol. The summed E-state index contributed by atoms with van der Waals surface area (Å²) in [5.74, 6) is 1.10. The van der Waals surface area contributed by atoms with Crippen LogP contribution in [0.5, 0.6) is 0 Å². The first kappa shape index (κ1) is 15.6. The second-order valence-electron chi connectivity index (χ2n) is 6.38. The van der Waals surface area contributed by atoms with Crippen LogP contribution in [0.3, 0.4) is 0 Å². The maximum absolute atomic E-state index is 12.5. The normalized spacial score (nSPS) is 12.0. The number of aromatic nitrogens is 3. The summed E-state index contributed by atoms with van der Waals surface area (Å²) in [7, 11) is 0. The Balaban J connectivity index is 2.27. The molecule has 0 saturated carbocycles. The molecule has 0 spiro atoms. The summed E-state index contributed by atoms with van der Waals surface area (Å²) in [5.41, 5.74) is 0.580. The molecule has 2 aromatic rings. The molecule has 1 heterocycles. The minimum absolute atomic E-state index is 0.0712. The quantitative estimate of drug-likeness (QED) is 0.819. The summed E-state index contributed by atoms with van der Waals surface area (Å²) in [4.78, 5) is 14.7. The Bertz CT molecular complexity index is 638. The van der Waals surface area contributed by atoms with Gasteiger partial charge in [0.2, 0.25) is 0 Å². The average Bonchev–Trinajstić information content (AvgIpc) is 2.41. The third-order valence-electron chi connectivity index (χ3n) is 3.21. The van der Waals surface area contributed by atoms with Gasteiger partial charge in [-0.25, -0.2) is 0 Å². The predicted molar refractivity (Wildman–Crippen MR) is 85.0 cm³/mol. The molecule has 5 heteroatoms. The first-order valence-electron chi connectivity index (χ1n) is 7.52. The van der Waals surface area contributed by atoms with Gasteiger partial charge in [0.1, 0.15) is 5.52 Å². The minimum Gasteiger partial charge on any atom is -0.284 e. The Hall–Kier alpha value is -1.75. The van der Waals surface area contributed by atoms with Crippen molar-refractivity contribution in [2.75, 3.05) is 13.1 Å². The lowest BCUT2D eigenvalue weighted by atomic mass is 10.1. The van der Waals surface area contributed by atoms with Gasteiger partial charge in [0.25, 0.3) is 5.56 Å². The van der Waals surface area contributed by atoms with E-state index in [1.807, 2.05) is 18.2 Å². The van der Waals surface area contributed by atoms with Gasteiger partial charge in [-0.05, 0) is 24.0 Å². The third kappa shape index (κ3) is 4.11. The Morgan fingerprint density at radius 2 is 1.71 bits per heavy atom. The van der Waals surface area contributed by atoms with E-state index in [-0.39, 0.29) is 5.56 Å². The van der Waals surface area contributed by atoms with E-state index in [0.717, 1.165) is 13.1 Å². The fourth-order valence-corrected chi connectivity index (χ4v) is 2.53. The Morgan fingerprint density at radius 3 is 2.33 bits per heavy atom. The zero-order valence-electron chi connectivity index (χ0n) is 13.3. The largest absolute Gasteiger partial charge is 0.284 e. The molecule has 2 rings (SSSR count). The summed E-state index contributed by atoms with van der Waals surface area (Å²) in [6, 6.07) is 7.34. The van der Waals surface area contributed by atoms with Crippen molar-refractivity contribution in [2.45, 2.75) is 34.4 Å². The van der Waals surface area contributed by atoms with Gasteiger partial charge < -0.3 is 0 Å². The van der Waals surface area contributed by atoms with Gasteiger partial charge in [0.15, 0.2) is 0 Å². The number of benzene rings is 1. The summed E-state index contributed by atoms with van der Waals surface area (Å²) >= 11 is 0. The third-order valence-corrected chi connectivity index (χ3v) is 3.21. The molecule has 0 aliphatic carbocycles. The van der Waals surface area contributed by atoms with E-state index in [4.69, 9.17) is 0 Å². The molecule has 0 fully saturated rings. The zero-order valence-corrected chi connectivity index (χ0v) is 13.3. The summed E-state index contributed by atoms with van der Waals surface area (Å²) in [6.07, 6.45) is 0. The van der Waals surface area contributed by atoms with E-state index in [9.17, 15) is 4.79 Å². The van der Waals surface area contributed by atoms with Crippen molar-refractivity contribution < 1.29 is 0 Å². The number of hydrogen-bond donors (Lipinski definition) is 0.